The fourth-order valence-corrected chi connectivity index (χ4v) is 4.37. The second kappa shape index (κ2) is 9.44. The number of aryl methyl sites for hydroxylation is 1. The standard InChI is InChI=1S/C21H22FN5O2S/c22-18-3-1-2-16(24-18)13-27-10-7-14(8-11-27)4-5-19-23-9-6-15(25-19)12-17-20(28)26-21(29)30-17/h1-3,6,9,12,14H,4-5,7-8,10-11,13H2,(H,26,28,29)/b17-12-. The van der Waals surface area contributed by atoms with Crippen LogP contribution in [0.4, 0.5) is 9.18 Å². The number of halogens is 1. The number of hydrogen-bond acceptors (Lipinski definition) is 7. The second-order valence-corrected chi connectivity index (χ2v) is 8.47. The van der Waals surface area contributed by atoms with Gasteiger partial charge in [0.2, 0.25) is 5.95 Å². The minimum absolute atomic E-state index is 0.352. The van der Waals surface area contributed by atoms with E-state index in [4.69, 9.17) is 0 Å². The highest BCUT2D eigenvalue weighted by molar-refractivity contribution is 8.18. The number of hydrogen-bond donors (Lipinski definition) is 1. The van der Waals surface area contributed by atoms with Crippen LogP contribution >= 0.6 is 11.8 Å². The van der Waals surface area contributed by atoms with Gasteiger partial charge in [0.05, 0.1) is 16.3 Å². The fraction of sp³-hybridized carbons (Fsp3) is 0.381. The first-order chi connectivity index (χ1) is 14.5. The Morgan fingerprint density at radius 2 is 2.03 bits per heavy atom. The van der Waals surface area contributed by atoms with Crippen LogP contribution in [0.25, 0.3) is 6.08 Å². The molecule has 2 aliphatic heterocycles. The van der Waals surface area contributed by atoms with Gasteiger partial charge in [-0.15, -0.1) is 0 Å². The Hall–Kier alpha value is -2.65. The van der Waals surface area contributed by atoms with Crippen LogP contribution in [0.5, 0.6) is 0 Å². The van der Waals surface area contributed by atoms with Crippen molar-refractivity contribution >= 4 is 29.0 Å². The summed E-state index contributed by atoms with van der Waals surface area (Å²) >= 11 is 0.883. The normalized spacial score (nSPS) is 19.4. The largest absolute Gasteiger partial charge is 0.297 e. The number of nitrogens with zero attached hydrogens (tertiary/aromatic N) is 4. The summed E-state index contributed by atoms with van der Waals surface area (Å²) in [5.41, 5.74) is 1.40. The molecule has 2 aromatic heterocycles. The van der Waals surface area contributed by atoms with Gasteiger partial charge in [0.1, 0.15) is 5.82 Å². The maximum Gasteiger partial charge on any atom is 0.290 e. The Labute approximate surface area is 178 Å². The lowest BCUT2D eigenvalue weighted by Gasteiger charge is -2.31. The van der Waals surface area contributed by atoms with Gasteiger partial charge in [-0.3, -0.25) is 19.8 Å². The van der Waals surface area contributed by atoms with Gasteiger partial charge in [0.25, 0.3) is 11.1 Å². The second-order valence-electron chi connectivity index (χ2n) is 7.46. The molecule has 2 saturated heterocycles. The number of pyridine rings is 1. The first kappa shape index (κ1) is 20.6. The third kappa shape index (κ3) is 5.48. The van der Waals surface area contributed by atoms with Gasteiger partial charge in [-0.2, -0.15) is 4.39 Å². The Morgan fingerprint density at radius 1 is 1.20 bits per heavy atom. The van der Waals surface area contributed by atoms with Crippen molar-refractivity contribution in [1.82, 2.24) is 25.2 Å². The number of likely N-dealkylation sites (tertiary alicyclic amines) is 1. The topological polar surface area (TPSA) is 88.1 Å². The first-order valence-corrected chi connectivity index (χ1v) is 10.8. The molecule has 4 rings (SSSR count). The Morgan fingerprint density at radius 3 is 2.77 bits per heavy atom. The van der Waals surface area contributed by atoms with Crippen LogP contribution in [-0.2, 0) is 17.8 Å². The molecular weight excluding hydrogens is 405 g/mol. The molecule has 9 heteroatoms. The maximum absolute atomic E-state index is 13.2. The number of imide groups is 1. The lowest BCUT2D eigenvalue weighted by Crippen LogP contribution is -2.33. The van der Waals surface area contributed by atoms with Crippen LogP contribution in [0.2, 0.25) is 0 Å². The van der Waals surface area contributed by atoms with Gasteiger partial charge in [-0.25, -0.2) is 15.0 Å². The molecule has 0 unspecified atom stereocenters. The SMILES string of the molecule is O=C1NC(=O)/C(=C/c2ccnc(CCC3CCN(Cc4cccc(F)n4)CC3)n2)S1. The highest BCUT2D eigenvalue weighted by Crippen LogP contribution is 2.25. The molecule has 2 fully saturated rings. The third-order valence-corrected chi connectivity index (χ3v) is 6.10. The van der Waals surface area contributed by atoms with E-state index in [1.165, 1.54) is 6.07 Å². The number of carbonyl (C=O) groups is 2. The molecule has 2 amide bonds. The average molecular weight is 428 g/mol. The number of thioether (sulfide) groups is 1. The van der Waals surface area contributed by atoms with Crippen molar-refractivity contribution in [1.29, 1.82) is 0 Å². The van der Waals surface area contributed by atoms with Gasteiger partial charge in [-0.05, 0) is 74.3 Å². The summed E-state index contributed by atoms with van der Waals surface area (Å²) < 4.78 is 13.2. The molecule has 4 heterocycles. The van der Waals surface area contributed by atoms with E-state index in [0.717, 1.165) is 62.1 Å². The number of amides is 2. The smallest absolute Gasteiger partial charge is 0.290 e. The zero-order valence-corrected chi connectivity index (χ0v) is 17.2. The molecule has 2 aliphatic rings. The van der Waals surface area contributed by atoms with Crippen molar-refractivity contribution in [2.75, 3.05) is 13.1 Å². The van der Waals surface area contributed by atoms with Crippen molar-refractivity contribution in [3.8, 4) is 0 Å². The van der Waals surface area contributed by atoms with Gasteiger partial charge in [0.15, 0.2) is 0 Å². The van der Waals surface area contributed by atoms with E-state index in [0.29, 0.717) is 23.1 Å². The van der Waals surface area contributed by atoms with E-state index in [2.05, 4.69) is 25.2 Å². The number of nitrogens with one attached hydrogen (secondary N) is 1. The minimum Gasteiger partial charge on any atom is -0.297 e. The van der Waals surface area contributed by atoms with Crippen molar-refractivity contribution in [2.24, 2.45) is 5.92 Å². The quantitative estimate of drug-likeness (QED) is 0.559. The van der Waals surface area contributed by atoms with Crippen LogP contribution in [0.3, 0.4) is 0 Å². The van der Waals surface area contributed by atoms with Crippen molar-refractivity contribution in [3.63, 3.8) is 0 Å². The molecule has 0 radical (unpaired) electrons. The van der Waals surface area contributed by atoms with E-state index < -0.39 is 5.95 Å². The summed E-state index contributed by atoms with van der Waals surface area (Å²) in [6, 6.07) is 6.65. The van der Waals surface area contributed by atoms with Crippen LogP contribution < -0.4 is 5.32 Å². The summed E-state index contributed by atoms with van der Waals surface area (Å²) in [5.74, 6) is 0.524. The van der Waals surface area contributed by atoms with Crippen LogP contribution in [-0.4, -0.2) is 44.1 Å². The number of rotatable bonds is 6. The highest BCUT2D eigenvalue weighted by Gasteiger charge is 2.25. The molecule has 0 atom stereocenters. The van der Waals surface area contributed by atoms with Gasteiger partial charge >= 0.3 is 0 Å². The van der Waals surface area contributed by atoms with E-state index >= 15 is 0 Å². The first-order valence-electron chi connectivity index (χ1n) is 9.96. The number of aromatic nitrogens is 3. The number of piperidine rings is 1. The molecule has 0 bridgehead atoms. The summed E-state index contributed by atoms with van der Waals surface area (Å²) in [6.07, 6.45) is 7.23. The fourth-order valence-electron chi connectivity index (χ4n) is 3.70. The van der Waals surface area contributed by atoms with Gasteiger partial charge in [-0.1, -0.05) is 6.07 Å². The van der Waals surface area contributed by atoms with E-state index in [1.54, 1.807) is 24.4 Å². The molecule has 1 N–H and O–H groups in total. The zero-order chi connectivity index (χ0) is 20.9. The molecule has 0 spiro atoms. The molecule has 2 aromatic rings. The van der Waals surface area contributed by atoms with Gasteiger partial charge < -0.3 is 0 Å². The predicted molar refractivity (Wildman–Crippen MR) is 112 cm³/mol. The van der Waals surface area contributed by atoms with Crippen LogP contribution in [0, 0.1) is 11.9 Å². The van der Waals surface area contributed by atoms with Crippen LogP contribution in [0.1, 0.15) is 36.5 Å². The molecule has 156 valence electrons. The van der Waals surface area contributed by atoms with Crippen molar-refractivity contribution in [3.05, 3.63) is 58.5 Å². The molecule has 0 aromatic carbocycles. The third-order valence-electron chi connectivity index (χ3n) is 5.29. The molecular formula is C21H22FN5O2S. The number of carbonyl (C=O) groups excluding carboxylic acids is 2. The van der Waals surface area contributed by atoms with Crippen molar-refractivity contribution < 1.29 is 14.0 Å². The predicted octanol–water partition coefficient (Wildman–Crippen LogP) is 3.18. The lowest BCUT2D eigenvalue weighted by atomic mass is 9.92. The van der Waals surface area contributed by atoms with E-state index in [-0.39, 0.29) is 11.1 Å². The Balaban J connectivity index is 1.26. The van der Waals surface area contributed by atoms with E-state index in [9.17, 15) is 14.0 Å². The molecule has 30 heavy (non-hydrogen) atoms. The summed E-state index contributed by atoms with van der Waals surface area (Å²) in [4.78, 5) is 38.4. The molecule has 7 nitrogen and oxygen atoms in total. The zero-order valence-electron chi connectivity index (χ0n) is 16.4. The highest BCUT2D eigenvalue weighted by atomic mass is 32.2. The Bertz CT molecular complexity index is 975. The Kier molecular flexibility index (Phi) is 6.49. The van der Waals surface area contributed by atoms with Gasteiger partial charge in [0, 0.05) is 19.2 Å². The molecule has 0 aliphatic carbocycles. The maximum atomic E-state index is 13.2. The summed E-state index contributed by atoms with van der Waals surface area (Å²) in [6.45, 7) is 2.62. The summed E-state index contributed by atoms with van der Waals surface area (Å²) in [5, 5.41) is 1.88. The van der Waals surface area contributed by atoms with Crippen LogP contribution in [0.15, 0.2) is 35.4 Å². The summed E-state index contributed by atoms with van der Waals surface area (Å²) in [7, 11) is 0. The van der Waals surface area contributed by atoms with Crippen molar-refractivity contribution in [2.45, 2.75) is 32.2 Å². The van der Waals surface area contributed by atoms with E-state index in [1.807, 2.05) is 6.07 Å². The molecule has 0 saturated carbocycles. The average Bonchev–Trinajstić information content (AvgIpc) is 3.04. The minimum atomic E-state index is -0.431. The monoisotopic (exact) mass is 427 g/mol. The lowest BCUT2D eigenvalue weighted by molar-refractivity contribution is -0.115.